The molecule has 0 spiro atoms. The first-order valence-electron chi connectivity index (χ1n) is 14.6. The van der Waals surface area contributed by atoms with Crippen LogP contribution >= 0.6 is 24.1 Å². The summed E-state index contributed by atoms with van der Waals surface area (Å²) in [5.41, 5.74) is -0.427. The standard InChI is InChI=1S/C29H26N4O17S5.Cu.3Na/c1-33(53(38,39)11-10-46-55(43,44)45)18-8-6-17(7-9-18)30-22-14-19(54(40,41)42)12-16-13-25(52-50-48-37)28(29(35)26(16)22)32-31-27-21-5-3-2-4-20(21)24(15-23(27)34)51-49-47-36;;;;/h2-9,12-15,30,34-37H,10-11H2,1H3,(H,40,41,42)(H,43,44,45);;;;/q;;3*+1/p-3. The van der Waals surface area contributed by atoms with Gasteiger partial charge >= 0.3 is 99.1 Å². The van der Waals surface area contributed by atoms with E-state index >= 15 is 0 Å². The van der Waals surface area contributed by atoms with E-state index < -0.39 is 59.3 Å². The Hall–Kier alpha value is -0.871. The fraction of sp³-hybridized carbons (Fsp3) is 0.103. The van der Waals surface area contributed by atoms with Gasteiger partial charge in [-0.1, -0.05) is 24.3 Å². The number of phenolic OH excluding ortho intramolecular Hbond substituents is 2. The molecule has 0 bridgehead atoms. The first-order chi connectivity index (χ1) is 25.9. The molecule has 0 saturated heterocycles. The van der Waals surface area contributed by atoms with Gasteiger partial charge in [-0.3, -0.25) is 18.9 Å². The Bertz CT molecular complexity index is 2620. The van der Waals surface area contributed by atoms with Gasteiger partial charge in [0.1, 0.15) is 27.2 Å². The van der Waals surface area contributed by atoms with Gasteiger partial charge in [-0.25, -0.2) is 21.0 Å². The molecule has 0 unspecified atom stereocenters. The van der Waals surface area contributed by atoms with Crippen LogP contribution in [-0.4, -0.2) is 64.0 Å². The second-order valence-corrected chi connectivity index (χ2v) is 16.8. The molecule has 305 valence electrons. The van der Waals surface area contributed by atoms with Crippen LogP contribution in [0.5, 0.6) is 11.5 Å². The number of phenols is 2. The van der Waals surface area contributed by atoms with Crippen LogP contribution in [0.1, 0.15) is 0 Å². The van der Waals surface area contributed by atoms with Crippen molar-refractivity contribution in [3.05, 3.63) is 72.8 Å². The predicted molar refractivity (Wildman–Crippen MR) is 189 cm³/mol. The van der Waals surface area contributed by atoms with Gasteiger partial charge in [-0.15, -0.1) is 10.2 Å². The number of nitrogens with zero attached hydrogens (tertiary/aromatic N) is 3. The molecule has 0 fully saturated rings. The summed E-state index contributed by atoms with van der Waals surface area (Å²) >= 11 is 0.752. The number of aromatic hydroxyl groups is 2. The molecule has 21 nitrogen and oxygen atoms in total. The Kier molecular flexibility index (Phi) is 23.1. The van der Waals surface area contributed by atoms with Crippen molar-refractivity contribution in [2.45, 2.75) is 14.7 Å². The van der Waals surface area contributed by atoms with Crippen molar-refractivity contribution in [3.63, 3.8) is 0 Å². The molecule has 0 aliphatic heterocycles. The van der Waals surface area contributed by atoms with Crippen LogP contribution in [0.15, 0.2) is 97.7 Å². The van der Waals surface area contributed by atoms with Crippen LogP contribution in [0.25, 0.3) is 21.5 Å². The number of hydrogen-bond acceptors (Lipinski definition) is 21. The summed E-state index contributed by atoms with van der Waals surface area (Å²) < 4.78 is 106. The molecule has 5 rings (SSSR count). The molecular formula is C29H23CuN4Na3O17S5. The molecule has 0 aromatic heterocycles. The fourth-order valence-corrected chi connectivity index (χ4v) is 7.97. The molecule has 0 aliphatic rings. The number of sulfonamides is 1. The molecule has 0 saturated carbocycles. The minimum Gasteiger partial charge on any atom is -0.744 e. The number of azo groups is 1. The number of fused-ring (bicyclic) bond motifs is 2. The van der Waals surface area contributed by atoms with E-state index in [-0.39, 0.29) is 167 Å². The Balaban J connectivity index is 0.00000435. The molecule has 4 N–H and O–H groups in total. The summed E-state index contributed by atoms with van der Waals surface area (Å²) in [6.07, 6.45) is 0. The van der Waals surface area contributed by atoms with Gasteiger partial charge in [-0.05, 0) is 53.9 Å². The Labute approximate surface area is 421 Å². The van der Waals surface area contributed by atoms with Gasteiger partial charge in [0.05, 0.1) is 62.5 Å². The average Bonchev–Trinajstić information content (AvgIpc) is 3.12. The van der Waals surface area contributed by atoms with Crippen molar-refractivity contribution in [1.29, 1.82) is 0 Å². The van der Waals surface area contributed by atoms with Crippen molar-refractivity contribution >= 4 is 105 Å². The van der Waals surface area contributed by atoms with Crippen LogP contribution < -0.4 is 109 Å². The summed E-state index contributed by atoms with van der Waals surface area (Å²) in [6.45, 7) is -0.865. The SMILES string of the molecule is CN(c1ccc(Nc2cc(S(=O)(=O)[O-])cc3cc(SOO[O-])c(N=Nc4c(O)cc(SOO[O-])c5ccccc45)c(O)c23)cc1)S(=O)(=O)CCOS(=O)(=O)O.[Cu].[Na+].[Na+].[Na+]. The Morgan fingerprint density at radius 1 is 0.797 bits per heavy atom. The number of nitrogens with one attached hydrogen (secondary N) is 1. The van der Waals surface area contributed by atoms with E-state index in [2.05, 4.69) is 38.5 Å². The van der Waals surface area contributed by atoms with E-state index in [9.17, 15) is 50.5 Å². The molecule has 0 aliphatic carbocycles. The summed E-state index contributed by atoms with van der Waals surface area (Å²) in [5, 5.41) is 62.1. The number of benzene rings is 5. The molecule has 59 heavy (non-hydrogen) atoms. The third-order valence-electron chi connectivity index (χ3n) is 7.42. The van der Waals surface area contributed by atoms with Gasteiger partial charge < -0.3 is 30.6 Å². The van der Waals surface area contributed by atoms with Crippen LogP contribution in [0.2, 0.25) is 0 Å². The van der Waals surface area contributed by atoms with E-state index in [1.807, 2.05) is 0 Å². The maximum absolute atomic E-state index is 12.7. The zero-order valence-corrected chi connectivity index (χ0v) is 41.6. The first kappa shape index (κ1) is 56.1. The minimum absolute atomic E-state index is 0. The third-order valence-corrected chi connectivity index (χ3v) is 11.7. The first-order valence-corrected chi connectivity index (χ1v) is 20.5. The molecule has 1 radical (unpaired) electrons. The zero-order chi connectivity index (χ0) is 40.1. The van der Waals surface area contributed by atoms with Crippen molar-refractivity contribution in [2.24, 2.45) is 10.2 Å². The molecule has 30 heteroatoms. The smallest absolute Gasteiger partial charge is 0.744 e. The average molecular weight is 992 g/mol. The van der Waals surface area contributed by atoms with Gasteiger partial charge in [-0.2, -0.15) is 17.1 Å². The second kappa shape index (κ2) is 24.3. The van der Waals surface area contributed by atoms with Crippen molar-refractivity contribution in [3.8, 4) is 11.5 Å². The third kappa shape index (κ3) is 14.6. The van der Waals surface area contributed by atoms with Gasteiger partial charge in [0.2, 0.25) is 10.0 Å². The topological polar surface area (TPSA) is 318 Å². The number of hydrogen-bond donors (Lipinski definition) is 4. The van der Waals surface area contributed by atoms with Crippen LogP contribution in [0.4, 0.5) is 28.4 Å². The molecule has 0 amide bonds. The number of rotatable bonds is 17. The summed E-state index contributed by atoms with van der Waals surface area (Å²) in [5.74, 6) is -1.96. The van der Waals surface area contributed by atoms with Gasteiger partial charge in [0, 0.05) is 46.0 Å². The van der Waals surface area contributed by atoms with Crippen LogP contribution in [-0.2, 0) is 70.5 Å². The van der Waals surface area contributed by atoms with Crippen molar-refractivity contribution in [2.75, 3.05) is 29.0 Å². The van der Waals surface area contributed by atoms with E-state index in [0.29, 0.717) is 22.8 Å². The minimum atomic E-state index is -5.12. The summed E-state index contributed by atoms with van der Waals surface area (Å²) in [6, 6.07) is 16.0. The van der Waals surface area contributed by atoms with Gasteiger partial charge in [0.25, 0.3) is 0 Å². The monoisotopic (exact) mass is 991 g/mol. The van der Waals surface area contributed by atoms with E-state index in [4.69, 9.17) is 4.55 Å². The van der Waals surface area contributed by atoms with E-state index in [1.54, 1.807) is 24.3 Å². The number of anilines is 3. The Morgan fingerprint density at radius 2 is 1.37 bits per heavy atom. The van der Waals surface area contributed by atoms with Gasteiger partial charge in [0.15, 0.2) is 5.75 Å². The maximum atomic E-state index is 12.7. The van der Waals surface area contributed by atoms with E-state index in [0.717, 1.165) is 16.4 Å². The maximum Gasteiger partial charge on any atom is 1.00 e. The van der Waals surface area contributed by atoms with E-state index in [1.165, 1.54) is 43.4 Å². The summed E-state index contributed by atoms with van der Waals surface area (Å²) in [7, 11) is -13.0. The molecule has 0 atom stereocenters. The predicted octanol–water partition coefficient (Wildman–Crippen LogP) is -5.48. The zero-order valence-electron chi connectivity index (χ0n) is 30.6. The summed E-state index contributed by atoms with van der Waals surface area (Å²) in [4.78, 5) is -0.660. The van der Waals surface area contributed by atoms with Crippen molar-refractivity contribution in [1.82, 2.24) is 0 Å². The fourth-order valence-electron chi connectivity index (χ4n) is 5.00. The molecule has 5 aromatic rings. The molecule has 0 heterocycles. The molecule has 5 aromatic carbocycles. The van der Waals surface area contributed by atoms with Crippen LogP contribution in [0, 0.1) is 0 Å². The van der Waals surface area contributed by atoms with Crippen LogP contribution in [0.3, 0.4) is 0 Å². The largest absolute Gasteiger partial charge is 1.00 e. The Morgan fingerprint density at radius 3 is 1.95 bits per heavy atom. The normalized spacial score (nSPS) is 11.7. The van der Waals surface area contributed by atoms with Crippen molar-refractivity contribution < 1.29 is 184 Å². The molecular weight excluding hydrogens is 969 g/mol. The second-order valence-electron chi connectivity index (χ2n) is 10.7. The quantitative estimate of drug-likeness (QED) is 0.0169.